The molecule has 2 N–H and O–H groups in total. The quantitative estimate of drug-likeness (QED) is 0.705. The minimum absolute atomic E-state index is 0.325. The van der Waals surface area contributed by atoms with Gasteiger partial charge in [-0.3, -0.25) is 4.98 Å². The molecule has 13 heavy (non-hydrogen) atoms. The zero-order valence-electron chi connectivity index (χ0n) is 7.26. The molecule has 0 radical (unpaired) electrons. The Morgan fingerprint density at radius 3 is 2.92 bits per heavy atom. The Morgan fingerprint density at radius 1 is 1.38 bits per heavy atom. The SMILES string of the molecule is Clc1ccc([C@@H]2CNCCN2)nc1. The molecule has 1 atom stereocenters. The van der Waals surface area contributed by atoms with Gasteiger partial charge < -0.3 is 10.6 Å². The second-order valence-corrected chi connectivity index (χ2v) is 3.55. The van der Waals surface area contributed by atoms with Crippen LogP contribution in [0.25, 0.3) is 0 Å². The number of nitrogens with one attached hydrogen (secondary N) is 2. The zero-order valence-corrected chi connectivity index (χ0v) is 8.01. The van der Waals surface area contributed by atoms with Crippen molar-refractivity contribution in [2.45, 2.75) is 6.04 Å². The summed E-state index contributed by atoms with van der Waals surface area (Å²) in [5.41, 5.74) is 1.05. The van der Waals surface area contributed by atoms with Crippen molar-refractivity contribution in [3.05, 3.63) is 29.0 Å². The lowest BCUT2D eigenvalue weighted by Gasteiger charge is -2.23. The highest BCUT2D eigenvalue weighted by atomic mass is 35.5. The third-order valence-electron chi connectivity index (χ3n) is 2.15. The minimum Gasteiger partial charge on any atom is -0.314 e. The Bertz CT molecular complexity index is 267. The van der Waals surface area contributed by atoms with Gasteiger partial charge in [0, 0.05) is 25.8 Å². The van der Waals surface area contributed by atoms with Crippen molar-refractivity contribution in [3.63, 3.8) is 0 Å². The summed E-state index contributed by atoms with van der Waals surface area (Å²) in [6.45, 7) is 2.97. The maximum Gasteiger partial charge on any atom is 0.0622 e. The first-order valence-corrected chi connectivity index (χ1v) is 4.79. The van der Waals surface area contributed by atoms with Gasteiger partial charge in [0.15, 0.2) is 0 Å². The van der Waals surface area contributed by atoms with E-state index in [1.807, 2.05) is 12.1 Å². The molecule has 1 aromatic rings. The Morgan fingerprint density at radius 2 is 2.31 bits per heavy atom. The number of nitrogens with zero attached hydrogens (tertiary/aromatic N) is 1. The fraction of sp³-hybridized carbons (Fsp3) is 0.444. The third kappa shape index (κ3) is 2.18. The molecule has 1 fully saturated rings. The molecular formula is C9H12ClN3. The van der Waals surface area contributed by atoms with Gasteiger partial charge in [-0.2, -0.15) is 0 Å². The van der Waals surface area contributed by atoms with Crippen LogP contribution in [0, 0.1) is 0 Å². The summed E-state index contributed by atoms with van der Waals surface area (Å²) in [6.07, 6.45) is 1.69. The summed E-state index contributed by atoms with van der Waals surface area (Å²) < 4.78 is 0. The molecule has 0 bridgehead atoms. The van der Waals surface area contributed by atoms with Crippen LogP contribution in [0.2, 0.25) is 5.02 Å². The zero-order chi connectivity index (χ0) is 9.10. The maximum absolute atomic E-state index is 5.75. The molecule has 0 aliphatic carbocycles. The van der Waals surface area contributed by atoms with Crippen LogP contribution in [-0.2, 0) is 0 Å². The van der Waals surface area contributed by atoms with E-state index >= 15 is 0 Å². The normalized spacial score (nSPS) is 23.0. The summed E-state index contributed by atoms with van der Waals surface area (Å²) in [7, 11) is 0. The van der Waals surface area contributed by atoms with E-state index in [4.69, 9.17) is 11.6 Å². The first-order valence-electron chi connectivity index (χ1n) is 4.42. The van der Waals surface area contributed by atoms with Crippen molar-refractivity contribution in [3.8, 4) is 0 Å². The molecule has 3 nitrogen and oxygen atoms in total. The van der Waals surface area contributed by atoms with Crippen molar-refractivity contribution in [2.75, 3.05) is 19.6 Å². The van der Waals surface area contributed by atoms with E-state index in [1.165, 1.54) is 0 Å². The van der Waals surface area contributed by atoms with Crippen LogP contribution in [0.1, 0.15) is 11.7 Å². The van der Waals surface area contributed by atoms with Crippen molar-refractivity contribution < 1.29 is 0 Å². The average Bonchev–Trinajstić information content (AvgIpc) is 2.20. The minimum atomic E-state index is 0.325. The van der Waals surface area contributed by atoms with Crippen LogP contribution in [-0.4, -0.2) is 24.6 Å². The summed E-state index contributed by atoms with van der Waals surface area (Å²) in [5, 5.41) is 7.39. The van der Waals surface area contributed by atoms with Crippen molar-refractivity contribution in [2.24, 2.45) is 0 Å². The first kappa shape index (κ1) is 8.94. The molecule has 70 valence electrons. The van der Waals surface area contributed by atoms with Gasteiger partial charge in [0.05, 0.1) is 16.8 Å². The molecule has 2 heterocycles. The number of pyridine rings is 1. The molecule has 1 saturated heterocycles. The standard InChI is InChI=1S/C9H12ClN3/c10-7-1-2-8(13-5-7)9-6-11-3-4-12-9/h1-2,5,9,11-12H,3-4,6H2/t9-/m0/s1. The monoisotopic (exact) mass is 197 g/mol. The van der Waals surface area contributed by atoms with Gasteiger partial charge in [-0.15, -0.1) is 0 Å². The van der Waals surface area contributed by atoms with Crippen LogP contribution in [0.15, 0.2) is 18.3 Å². The van der Waals surface area contributed by atoms with Gasteiger partial charge in [0.2, 0.25) is 0 Å². The summed E-state index contributed by atoms with van der Waals surface area (Å²) >= 11 is 5.75. The second-order valence-electron chi connectivity index (χ2n) is 3.11. The molecule has 4 heteroatoms. The van der Waals surface area contributed by atoms with Gasteiger partial charge in [0.25, 0.3) is 0 Å². The average molecular weight is 198 g/mol. The van der Waals surface area contributed by atoms with Crippen LogP contribution in [0.5, 0.6) is 0 Å². The van der Waals surface area contributed by atoms with Crippen molar-refractivity contribution >= 4 is 11.6 Å². The number of hydrogen-bond donors (Lipinski definition) is 2. The number of halogens is 1. The van der Waals surface area contributed by atoms with Gasteiger partial charge in [-0.1, -0.05) is 11.6 Å². The van der Waals surface area contributed by atoms with Gasteiger partial charge >= 0.3 is 0 Å². The number of aromatic nitrogens is 1. The van der Waals surface area contributed by atoms with Gasteiger partial charge in [-0.25, -0.2) is 0 Å². The van der Waals surface area contributed by atoms with Crippen LogP contribution < -0.4 is 10.6 Å². The predicted molar refractivity (Wildman–Crippen MR) is 52.9 cm³/mol. The molecule has 0 spiro atoms. The second kappa shape index (κ2) is 4.05. The Labute approximate surface area is 82.5 Å². The van der Waals surface area contributed by atoms with E-state index in [0.717, 1.165) is 25.3 Å². The lowest BCUT2D eigenvalue weighted by Crippen LogP contribution is -2.42. The number of rotatable bonds is 1. The summed E-state index contributed by atoms with van der Waals surface area (Å²) in [4.78, 5) is 4.27. The molecule has 0 saturated carbocycles. The molecule has 1 aromatic heterocycles. The summed E-state index contributed by atoms with van der Waals surface area (Å²) in [6, 6.07) is 4.17. The van der Waals surface area contributed by atoms with E-state index < -0.39 is 0 Å². The first-order chi connectivity index (χ1) is 6.36. The highest BCUT2D eigenvalue weighted by Gasteiger charge is 2.14. The van der Waals surface area contributed by atoms with E-state index in [2.05, 4.69) is 15.6 Å². The third-order valence-corrected chi connectivity index (χ3v) is 2.37. The molecule has 1 aliphatic heterocycles. The molecule has 0 unspecified atom stereocenters. The Kier molecular flexibility index (Phi) is 2.78. The predicted octanol–water partition coefficient (Wildman–Crippen LogP) is 0.969. The molecule has 0 amide bonds. The van der Waals surface area contributed by atoms with Gasteiger partial charge in [0.1, 0.15) is 0 Å². The van der Waals surface area contributed by atoms with Crippen molar-refractivity contribution in [1.29, 1.82) is 0 Å². The van der Waals surface area contributed by atoms with Crippen molar-refractivity contribution in [1.82, 2.24) is 15.6 Å². The highest BCUT2D eigenvalue weighted by Crippen LogP contribution is 2.13. The van der Waals surface area contributed by atoms with Crippen LogP contribution >= 0.6 is 11.6 Å². The van der Waals surface area contributed by atoms with E-state index in [1.54, 1.807) is 6.20 Å². The molecule has 2 rings (SSSR count). The fourth-order valence-corrected chi connectivity index (χ4v) is 1.57. The highest BCUT2D eigenvalue weighted by molar-refractivity contribution is 6.30. The molecule has 1 aliphatic rings. The Balaban J connectivity index is 2.10. The number of piperazine rings is 1. The maximum atomic E-state index is 5.75. The van der Waals surface area contributed by atoms with Crippen LogP contribution in [0.3, 0.4) is 0 Å². The molecular weight excluding hydrogens is 186 g/mol. The van der Waals surface area contributed by atoms with Crippen LogP contribution in [0.4, 0.5) is 0 Å². The lowest BCUT2D eigenvalue weighted by molar-refractivity contribution is 0.423. The van der Waals surface area contributed by atoms with E-state index in [-0.39, 0.29) is 0 Å². The lowest BCUT2D eigenvalue weighted by atomic mass is 10.1. The topological polar surface area (TPSA) is 37.0 Å². The molecule has 0 aromatic carbocycles. The van der Waals surface area contributed by atoms with E-state index in [0.29, 0.717) is 11.1 Å². The van der Waals surface area contributed by atoms with E-state index in [9.17, 15) is 0 Å². The summed E-state index contributed by atoms with van der Waals surface area (Å²) in [5.74, 6) is 0. The Hall–Kier alpha value is -0.640. The van der Waals surface area contributed by atoms with Gasteiger partial charge in [-0.05, 0) is 12.1 Å². The fourth-order valence-electron chi connectivity index (χ4n) is 1.46. The smallest absolute Gasteiger partial charge is 0.0622 e. The largest absolute Gasteiger partial charge is 0.314 e. The number of hydrogen-bond acceptors (Lipinski definition) is 3.